The summed E-state index contributed by atoms with van der Waals surface area (Å²) in [6.07, 6.45) is 0. The van der Waals surface area contributed by atoms with E-state index >= 15 is 0 Å². The van der Waals surface area contributed by atoms with Gasteiger partial charge in [0.1, 0.15) is 5.75 Å². The number of phenols is 1. The lowest BCUT2D eigenvalue weighted by atomic mass is 10.1. The van der Waals surface area contributed by atoms with Crippen molar-refractivity contribution in [3.8, 4) is 5.75 Å². The predicted octanol–water partition coefficient (Wildman–Crippen LogP) is 3.67. The first-order valence-corrected chi connectivity index (χ1v) is 6.09. The molecule has 0 fully saturated rings. The van der Waals surface area contributed by atoms with Crippen molar-refractivity contribution in [1.29, 1.82) is 0 Å². The van der Waals surface area contributed by atoms with Crippen LogP contribution < -0.4 is 11.1 Å². The molecule has 3 nitrogen and oxygen atoms in total. The highest BCUT2D eigenvalue weighted by Gasteiger charge is 2.05. The smallest absolute Gasteiger partial charge is 0.141 e. The van der Waals surface area contributed by atoms with Crippen molar-refractivity contribution in [2.75, 3.05) is 11.1 Å². The summed E-state index contributed by atoms with van der Waals surface area (Å²) in [4.78, 5) is 0. The summed E-state index contributed by atoms with van der Waals surface area (Å²) in [7, 11) is 0. The molecule has 0 aliphatic carbocycles. The molecule has 0 aliphatic rings. The Kier molecular flexibility index (Phi) is 3.47. The van der Waals surface area contributed by atoms with E-state index in [0.717, 1.165) is 11.3 Å². The summed E-state index contributed by atoms with van der Waals surface area (Å²) in [5.74, 6) is 0.116. The van der Waals surface area contributed by atoms with Gasteiger partial charge in [0.15, 0.2) is 0 Å². The largest absolute Gasteiger partial charge is 0.506 e. The highest BCUT2D eigenvalue weighted by Crippen LogP contribution is 2.28. The molecule has 0 radical (unpaired) electrons. The van der Waals surface area contributed by atoms with Gasteiger partial charge in [0.2, 0.25) is 0 Å². The predicted molar refractivity (Wildman–Crippen MR) is 81.1 cm³/mol. The molecule has 0 aliphatic heterocycles. The van der Waals surface area contributed by atoms with Gasteiger partial charge >= 0.3 is 0 Å². The Balaban J connectivity index is 2.25. The second kappa shape index (κ2) is 5.06. The fourth-order valence-electron chi connectivity index (χ4n) is 2.04. The van der Waals surface area contributed by atoms with Crippen molar-refractivity contribution in [1.82, 2.24) is 0 Å². The maximum atomic E-state index is 9.81. The summed E-state index contributed by atoms with van der Waals surface area (Å²) in [6.45, 7) is 8.10. The Labute approximate surface area is 113 Å². The molecule has 98 valence electrons. The van der Waals surface area contributed by atoms with E-state index in [0.29, 0.717) is 11.4 Å². The SMILES string of the molecule is C=C(Nc1ccc(N)cc1O)c1cc(C)cc(C)c1. The number of nitrogens with two attached hydrogens (primary N) is 1. The highest BCUT2D eigenvalue weighted by molar-refractivity contribution is 5.79. The third-order valence-corrected chi connectivity index (χ3v) is 2.88. The van der Waals surface area contributed by atoms with E-state index in [9.17, 15) is 5.11 Å². The van der Waals surface area contributed by atoms with E-state index in [2.05, 4.69) is 30.1 Å². The lowest BCUT2D eigenvalue weighted by Gasteiger charge is -2.13. The number of hydrogen-bond donors (Lipinski definition) is 3. The third kappa shape index (κ3) is 3.07. The van der Waals surface area contributed by atoms with Gasteiger partial charge in [0.05, 0.1) is 5.69 Å². The molecule has 0 saturated carbocycles. The minimum atomic E-state index is 0.116. The molecule has 0 bridgehead atoms. The first-order valence-electron chi connectivity index (χ1n) is 6.09. The van der Waals surface area contributed by atoms with Crippen LogP contribution in [0.4, 0.5) is 11.4 Å². The van der Waals surface area contributed by atoms with Crippen LogP contribution in [-0.2, 0) is 0 Å². The van der Waals surface area contributed by atoms with Gasteiger partial charge in [-0.3, -0.25) is 0 Å². The van der Waals surface area contributed by atoms with Crippen LogP contribution >= 0.6 is 0 Å². The number of benzene rings is 2. The maximum Gasteiger partial charge on any atom is 0.141 e. The van der Waals surface area contributed by atoms with Crippen LogP contribution in [0, 0.1) is 13.8 Å². The fraction of sp³-hybridized carbons (Fsp3) is 0.125. The Morgan fingerprint density at radius 1 is 1.11 bits per heavy atom. The summed E-state index contributed by atoms with van der Waals surface area (Å²) >= 11 is 0. The lowest BCUT2D eigenvalue weighted by molar-refractivity contribution is 0.478. The van der Waals surface area contributed by atoms with E-state index in [-0.39, 0.29) is 5.75 Å². The van der Waals surface area contributed by atoms with Crippen molar-refractivity contribution < 1.29 is 5.11 Å². The van der Waals surface area contributed by atoms with Crippen LogP contribution in [0.15, 0.2) is 43.0 Å². The molecule has 2 rings (SSSR count). The average Bonchev–Trinajstić information content (AvgIpc) is 2.31. The van der Waals surface area contributed by atoms with Gasteiger partial charge in [-0.05, 0) is 43.7 Å². The number of hydrogen-bond acceptors (Lipinski definition) is 3. The van der Waals surface area contributed by atoms with Gasteiger partial charge in [-0.1, -0.05) is 23.8 Å². The Morgan fingerprint density at radius 2 is 1.74 bits per heavy atom. The molecule has 2 aromatic carbocycles. The number of nitrogens with one attached hydrogen (secondary N) is 1. The van der Waals surface area contributed by atoms with Gasteiger partial charge in [-0.25, -0.2) is 0 Å². The Morgan fingerprint density at radius 3 is 2.32 bits per heavy atom. The van der Waals surface area contributed by atoms with E-state index in [4.69, 9.17) is 5.73 Å². The molecule has 0 unspecified atom stereocenters. The molecule has 19 heavy (non-hydrogen) atoms. The summed E-state index contributed by atoms with van der Waals surface area (Å²) in [5, 5.41) is 12.9. The molecule has 0 saturated heterocycles. The first kappa shape index (κ1) is 13.0. The molecule has 0 spiro atoms. The minimum Gasteiger partial charge on any atom is -0.506 e. The summed E-state index contributed by atoms with van der Waals surface area (Å²) in [5.41, 5.74) is 10.8. The minimum absolute atomic E-state index is 0.116. The van der Waals surface area contributed by atoms with Crippen LogP contribution in [0.5, 0.6) is 5.75 Å². The van der Waals surface area contributed by atoms with Crippen molar-refractivity contribution >= 4 is 17.1 Å². The molecule has 0 amide bonds. The van der Waals surface area contributed by atoms with Gasteiger partial charge in [0.25, 0.3) is 0 Å². The standard InChI is InChI=1S/C16H18N2O/c1-10-6-11(2)8-13(7-10)12(3)18-15-5-4-14(17)9-16(15)19/h4-9,18-19H,3,17H2,1-2H3. The zero-order valence-corrected chi connectivity index (χ0v) is 11.2. The summed E-state index contributed by atoms with van der Waals surface area (Å²) in [6, 6.07) is 11.2. The van der Waals surface area contributed by atoms with Crippen molar-refractivity contribution in [2.45, 2.75) is 13.8 Å². The van der Waals surface area contributed by atoms with Crippen LogP contribution in [0.3, 0.4) is 0 Å². The van der Waals surface area contributed by atoms with E-state index in [1.165, 1.54) is 17.2 Å². The number of anilines is 2. The van der Waals surface area contributed by atoms with Crippen LogP contribution in [0.2, 0.25) is 0 Å². The van der Waals surface area contributed by atoms with Crippen molar-refractivity contribution in [2.24, 2.45) is 0 Å². The molecule has 0 aromatic heterocycles. The quantitative estimate of drug-likeness (QED) is 0.578. The van der Waals surface area contributed by atoms with Gasteiger partial charge in [-0.2, -0.15) is 0 Å². The monoisotopic (exact) mass is 254 g/mol. The number of aromatic hydroxyl groups is 1. The second-order valence-electron chi connectivity index (χ2n) is 4.76. The van der Waals surface area contributed by atoms with E-state index < -0.39 is 0 Å². The van der Waals surface area contributed by atoms with Gasteiger partial charge in [0, 0.05) is 17.5 Å². The first-order chi connectivity index (χ1) is 8.95. The molecule has 0 heterocycles. The third-order valence-electron chi connectivity index (χ3n) is 2.88. The maximum absolute atomic E-state index is 9.81. The zero-order valence-electron chi connectivity index (χ0n) is 11.2. The second-order valence-corrected chi connectivity index (χ2v) is 4.76. The van der Waals surface area contributed by atoms with E-state index in [1.54, 1.807) is 12.1 Å². The van der Waals surface area contributed by atoms with Gasteiger partial charge in [-0.15, -0.1) is 0 Å². The van der Waals surface area contributed by atoms with Crippen molar-refractivity contribution in [3.05, 3.63) is 59.7 Å². The number of nitrogen functional groups attached to an aromatic ring is 1. The molecule has 2 aromatic rings. The summed E-state index contributed by atoms with van der Waals surface area (Å²) < 4.78 is 0. The zero-order chi connectivity index (χ0) is 14.0. The molecular weight excluding hydrogens is 236 g/mol. The lowest BCUT2D eigenvalue weighted by Crippen LogP contribution is -1.99. The van der Waals surface area contributed by atoms with Gasteiger partial charge < -0.3 is 16.2 Å². The highest BCUT2D eigenvalue weighted by atomic mass is 16.3. The molecule has 4 N–H and O–H groups in total. The fourth-order valence-corrected chi connectivity index (χ4v) is 2.04. The Bertz CT molecular complexity index is 612. The van der Waals surface area contributed by atoms with Crippen LogP contribution in [0.1, 0.15) is 16.7 Å². The number of aryl methyl sites for hydroxylation is 2. The topological polar surface area (TPSA) is 58.3 Å². The number of phenolic OH excluding ortho intramolecular Hbond substituents is 1. The molecular formula is C16H18N2O. The average molecular weight is 254 g/mol. The van der Waals surface area contributed by atoms with E-state index in [1.807, 2.05) is 13.8 Å². The molecule has 0 atom stereocenters. The van der Waals surface area contributed by atoms with Crippen LogP contribution in [0.25, 0.3) is 5.70 Å². The Hall–Kier alpha value is -2.42. The van der Waals surface area contributed by atoms with Crippen molar-refractivity contribution in [3.63, 3.8) is 0 Å². The normalized spacial score (nSPS) is 10.2. The molecule has 3 heteroatoms. The number of rotatable bonds is 3. The van der Waals surface area contributed by atoms with Crippen LogP contribution in [-0.4, -0.2) is 5.11 Å².